The van der Waals surface area contributed by atoms with E-state index in [0.717, 1.165) is 0 Å². The molecule has 24 atom stereocenters. The Balaban J connectivity index is 1.22. The summed E-state index contributed by atoms with van der Waals surface area (Å²) < 4.78 is 63.4. The van der Waals surface area contributed by atoms with Crippen LogP contribution in [0.4, 0.5) is 0 Å². The van der Waals surface area contributed by atoms with E-state index in [4.69, 9.17) is 59.0 Å². The van der Waals surface area contributed by atoms with Crippen LogP contribution in [0.1, 0.15) is 158 Å². The van der Waals surface area contributed by atoms with Crippen LogP contribution in [0, 0.1) is 23.7 Å². The maximum Gasteiger partial charge on any atom is 0.308 e. The van der Waals surface area contributed by atoms with Crippen LogP contribution in [0.2, 0.25) is 0 Å². The number of methoxy groups -OCH3 is 1. The van der Waals surface area contributed by atoms with Gasteiger partial charge >= 0.3 is 17.9 Å². The highest BCUT2D eigenvalue weighted by Gasteiger charge is 2.58. The zero-order chi connectivity index (χ0) is 62.5. The number of rotatable bonds is 9. The highest BCUT2D eigenvalue weighted by Crippen LogP contribution is 2.48. The molecule has 6 saturated heterocycles. The van der Waals surface area contributed by atoms with Gasteiger partial charge in [-0.15, -0.1) is 0 Å². The number of fused-ring (bicyclic) bond motifs is 8. The molecular formula is C63H95ClO21. The highest BCUT2D eigenvalue weighted by atomic mass is 35.5. The number of esters is 3. The fourth-order valence-corrected chi connectivity index (χ4v) is 14.2. The summed E-state index contributed by atoms with van der Waals surface area (Å²) in [7, 11) is 1.57. The molecule has 7 aliphatic heterocycles. The normalized spacial score (nSPS) is 44.1. The van der Waals surface area contributed by atoms with E-state index < -0.39 is 169 Å². The second kappa shape index (κ2) is 29.0. The number of hydrogen-bond acceptors (Lipinski definition) is 21. The summed E-state index contributed by atoms with van der Waals surface area (Å²) in [5.41, 5.74) is -0.508. The Morgan fingerprint density at radius 2 is 1.47 bits per heavy atom. The van der Waals surface area contributed by atoms with Gasteiger partial charge in [0, 0.05) is 108 Å². The zero-order valence-electron chi connectivity index (χ0n) is 50.7. The Bertz CT molecular complexity index is 2430. The summed E-state index contributed by atoms with van der Waals surface area (Å²) >= 11 is 5.89. The molecule has 0 radical (unpaired) electrons. The Kier molecular flexibility index (Phi) is 23.5. The third kappa shape index (κ3) is 18.1. The molecule has 6 fully saturated rings. The molecule has 7 aliphatic rings. The van der Waals surface area contributed by atoms with E-state index in [1.807, 2.05) is 12.2 Å². The van der Waals surface area contributed by atoms with Gasteiger partial charge in [-0.25, -0.2) is 0 Å². The van der Waals surface area contributed by atoms with Crippen molar-refractivity contribution in [2.75, 3.05) is 7.11 Å². The molecule has 1 unspecified atom stereocenters. The summed E-state index contributed by atoms with van der Waals surface area (Å²) in [6.45, 7) is 23.1. The first-order chi connectivity index (χ1) is 39.8. The Morgan fingerprint density at radius 1 is 0.812 bits per heavy atom. The van der Waals surface area contributed by atoms with Crippen molar-refractivity contribution in [2.24, 2.45) is 23.7 Å². The van der Waals surface area contributed by atoms with Crippen molar-refractivity contribution in [3.05, 3.63) is 60.2 Å². The van der Waals surface area contributed by atoms with Gasteiger partial charge in [0.25, 0.3) is 0 Å². The van der Waals surface area contributed by atoms with E-state index in [0.29, 0.717) is 43.3 Å². The van der Waals surface area contributed by atoms with Crippen LogP contribution in [-0.2, 0) is 66.5 Å². The van der Waals surface area contributed by atoms with Gasteiger partial charge in [0.05, 0.1) is 85.1 Å². The van der Waals surface area contributed by atoms with Gasteiger partial charge in [0.15, 0.2) is 17.4 Å². The van der Waals surface area contributed by atoms with Gasteiger partial charge in [0.2, 0.25) is 0 Å². The van der Waals surface area contributed by atoms with Crippen LogP contribution in [0.15, 0.2) is 60.2 Å². The van der Waals surface area contributed by atoms with Crippen LogP contribution in [0.25, 0.3) is 0 Å². The largest absolute Gasteiger partial charge is 0.462 e. The molecule has 10 bridgehead atoms. The Labute approximate surface area is 505 Å². The lowest BCUT2D eigenvalue weighted by Gasteiger charge is -2.52. The first-order valence-corrected chi connectivity index (χ1v) is 30.7. The van der Waals surface area contributed by atoms with Gasteiger partial charge in [-0.2, -0.15) is 0 Å². The molecular weight excluding hydrogens is 1130 g/mol. The quantitative estimate of drug-likeness (QED) is 0.0611. The Hall–Kier alpha value is -3.49. The van der Waals surface area contributed by atoms with E-state index in [2.05, 4.69) is 19.7 Å². The predicted molar refractivity (Wildman–Crippen MR) is 308 cm³/mol. The summed E-state index contributed by atoms with van der Waals surface area (Å²) in [5.74, 6) is -10.7. The molecule has 0 aliphatic carbocycles. The fraction of sp³-hybridized carbons (Fsp3) is 0.778. The highest BCUT2D eigenvalue weighted by molar-refractivity contribution is 6.30. The first-order valence-electron chi connectivity index (χ1n) is 30.3. The molecule has 480 valence electrons. The lowest BCUT2D eigenvalue weighted by molar-refractivity contribution is -0.351. The number of Topliss-reactive ketones (excluding diaryl/α,β-unsaturated/α-hetero) is 1. The molecule has 7 rings (SSSR count). The molecule has 7 N–H and O–H groups in total. The van der Waals surface area contributed by atoms with Gasteiger partial charge in [0.1, 0.15) is 36.3 Å². The van der Waals surface area contributed by atoms with Gasteiger partial charge in [-0.3, -0.25) is 19.2 Å². The third-order valence-electron chi connectivity index (χ3n) is 18.3. The molecule has 22 heteroatoms. The minimum atomic E-state index is -2.40. The number of aliphatic hydroxyl groups excluding tert-OH is 5. The van der Waals surface area contributed by atoms with Crippen LogP contribution < -0.4 is 0 Å². The number of ether oxygens (including phenoxy) is 10. The van der Waals surface area contributed by atoms with Crippen molar-refractivity contribution in [3.8, 4) is 0 Å². The number of halogens is 1. The summed E-state index contributed by atoms with van der Waals surface area (Å²) in [5, 5.41) is 82.6. The summed E-state index contributed by atoms with van der Waals surface area (Å²) in [6, 6.07) is 0. The van der Waals surface area contributed by atoms with Gasteiger partial charge < -0.3 is 83.1 Å². The van der Waals surface area contributed by atoms with Crippen LogP contribution in [-0.4, -0.2) is 187 Å². The number of allylic oxidation sites excluding steroid dienone is 3. The molecule has 7 heterocycles. The van der Waals surface area contributed by atoms with Crippen molar-refractivity contribution in [2.45, 2.75) is 278 Å². The lowest BCUT2D eigenvalue weighted by atomic mass is 9.78. The number of aliphatic hydroxyl groups is 7. The van der Waals surface area contributed by atoms with E-state index in [1.54, 1.807) is 41.7 Å². The molecule has 21 nitrogen and oxygen atoms in total. The molecule has 0 aromatic rings. The maximum atomic E-state index is 14.5. The van der Waals surface area contributed by atoms with Crippen molar-refractivity contribution in [1.29, 1.82) is 0 Å². The first kappa shape index (κ1) is 69.0. The summed E-state index contributed by atoms with van der Waals surface area (Å²) in [4.78, 5) is 54.3. The fourth-order valence-electron chi connectivity index (χ4n) is 14.1. The topological polar surface area (TPSA) is 302 Å². The monoisotopic (exact) mass is 1220 g/mol. The van der Waals surface area contributed by atoms with Crippen LogP contribution >= 0.6 is 11.6 Å². The average Bonchev–Trinajstić information content (AvgIpc) is 1.35. The number of hydrogen-bond donors (Lipinski definition) is 7. The lowest BCUT2D eigenvalue weighted by Crippen LogP contribution is -2.65. The minimum Gasteiger partial charge on any atom is -0.462 e. The predicted octanol–water partition coefficient (Wildman–Crippen LogP) is 5.91. The second-order valence-electron chi connectivity index (χ2n) is 25.9. The molecule has 0 saturated carbocycles. The molecule has 0 amide bonds. The van der Waals surface area contributed by atoms with Crippen LogP contribution in [0.3, 0.4) is 0 Å². The van der Waals surface area contributed by atoms with E-state index in [9.17, 15) is 54.9 Å². The maximum absolute atomic E-state index is 14.5. The minimum absolute atomic E-state index is 0.00321. The number of carbonyl (C=O) groups excluding carboxylic acids is 4. The number of carbonyl (C=O) groups is 4. The Morgan fingerprint density at radius 3 is 2.15 bits per heavy atom. The number of ketones is 1. The third-order valence-corrected chi connectivity index (χ3v) is 18.4. The van der Waals surface area contributed by atoms with Crippen molar-refractivity contribution < 1.29 is 102 Å². The second-order valence-corrected chi connectivity index (χ2v) is 26.4. The van der Waals surface area contributed by atoms with Crippen molar-refractivity contribution >= 4 is 35.3 Å². The summed E-state index contributed by atoms with van der Waals surface area (Å²) in [6.07, 6.45) is -8.69. The van der Waals surface area contributed by atoms with E-state index >= 15 is 0 Å². The van der Waals surface area contributed by atoms with Gasteiger partial charge in [-0.05, 0) is 51.5 Å². The van der Waals surface area contributed by atoms with E-state index in [-0.39, 0.29) is 81.1 Å². The standard InChI is InChI=1S/C63H95ClO21/c1-33(19-42(67)18-17-35(3)64)20-53-55(72)57-39(7)58(79-53)59(73)63(75)31-51(70)37(5)52(85-63)16-14-12-13-15-44-22-43(68)27-61(81-44)29-47(76-11)23-45(82-61)25-50(69)38(6)56(78-41(9)66)36(4)34(2)21-49-28-60(10,74)32-62(84-49)30-48(77-40(8)65)24-46(83-62)26-54(71)80-57/h13,15,17-18,36-39,42-49,51-53,55-59,67-68,70,72-75H,1-3,12,14,16,19-32H2,4-11H3/t36-,37-,38-,39-,42-,43+,44+,45+,46-,47+,48+,49+,51+,52-,53-,55-,56+,57-,58-,59+,60?,61-,62-,63-/m1/s1. The van der Waals surface area contributed by atoms with Crippen LogP contribution in [0.5, 0.6) is 0 Å². The average molecular weight is 1220 g/mol. The molecule has 2 spiro atoms. The zero-order valence-corrected chi connectivity index (χ0v) is 51.5. The van der Waals surface area contributed by atoms with Gasteiger partial charge in [-0.1, -0.05) is 88.4 Å². The molecule has 85 heavy (non-hydrogen) atoms. The smallest absolute Gasteiger partial charge is 0.308 e. The SMILES string of the molecule is C=C(Cl)C=C[C@@H](O)CC(=C)C[C@H]1O[C@@H]2[C@H](C)[C@@H](OC(=O)C[C@H]3C[C@H](OC(C)=O)C[C@@]4(CC(C)(O)C[C@H](CC(=C)[C@@H](C)[C@H](OC(C)=O)[C@H](C)C(=O)C[C@@H]5C[C@H](OC)C[C@@]6(C[C@@H](O)C[C@H](C=CCCC[C@H]7O[C@](O)(C[C@H](O)[C@H]7C)[C@H]2O)O6)O5)O4)O3)[C@@H]1O. The van der Waals surface area contributed by atoms with Crippen molar-refractivity contribution in [3.63, 3.8) is 0 Å². The van der Waals surface area contributed by atoms with E-state index in [1.165, 1.54) is 26.0 Å². The molecule has 0 aromatic carbocycles. The van der Waals surface area contributed by atoms with Crippen molar-refractivity contribution in [1.82, 2.24) is 0 Å². The molecule has 0 aromatic heterocycles.